The maximum absolute atomic E-state index is 14.0. The first-order chi connectivity index (χ1) is 17.1. The number of aromatic amines is 1. The molecule has 4 N–H and O–H groups in total. The Morgan fingerprint density at radius 3 is 2.51 bits per heavy atom. The number of aromatic nitrogens is 2. The molecule has 2 unspecified atom stereocenters. The van der Waals surface area contributed by atoms with E-state index in [0.717, 1.165) is 48.5 Å². The molecule has 6 rings (SSSR count). The minimum Gasteiger partial charge on any atom is -0.385 e. The first-order valence-electron chi connectivity index (χ1n) is 12.0. The van der Waals surface area contributed by atoms with Crippen molar-refractivity contribution in [2.75, 3.05) is 31.1 Å². The Bertz CT molecular complexity index is 1400. The standard InChI is InChI=1S/C27H28FN7.2ClH/c1-17(34-14-12-30-13-15-34)20-8-5-9-22-25(20)35(24(26(29)31-22)18-6-3-2-4-7-18)27-21-11-10-19(28)16-23(21)32-33-27;;/h2-11,16-17,24,30H,12-15H2,1H3,(H2,29,31)(H,32,33);2*1H. The van der Waals surface area contributed by atoms with Crippen LogP contribution in [0.5, 0.6) is 0 Å². The smallest absolute Gasteiger partial charge is 0.163 e. The van der Waals surface area contributed by atoms with Crippen molar-refractivity contribution in [1.82, 2.24) is 20.4 Å². The number of piperazine rings is 1. The maximum atomic E-state index is 14.0. The van der Waals surface area contributed by atoms with Gasteiger partial charge in [-0.25, -0.2) is 9.38 Å². The topological polar surface area (TPSA) is 85.6 Å². The lowest BCUT2D eigenvalue weighted by Crippen LogP contribution is -2.45. The van der Waals surface area contributed by atoms with Crippen LogP contribution in [0.1, 0.15) is 30.1 Å². The molecular weight excluding hydrogens is 512 g/mol. The Hall–Kier alpha value is -3.17. The van der Waals surface area contributed by atoms with Gasteiger partial charge in [-0.15, -0.1) is 24.8 Å². The molecule has 2 aliphatic heterocycles. The van der Waals surface area contributed by atoms with Gasteiger partial charge in [0.15, 0.2) is 5.82 Å². The van der Waals surface area contributed by atoms with Crippen LogP contribution < -0.4 is 16.0 Å². The zero-order valence-corrected chi connectivity index (χ0v) is 22.0. The fourth-order valence-corrected chi connectivity index (χ4v) is 5.31. The van der Waals surface area contributed by atoms with Crippen molar-refractivity contribution in [3.05, 3.63) is 83.7 Å². The number of hydrogen-bond donors (Lipinski definition) is 3. The minimum atomic E-state index is -0.350. The van der Waals surface area contributed by atoms with Gasteiger partial charge >= 0.3 is 0 Å². The van der Waals surface area contributed by atoms with E-state index in [9.17, 15) is 4.39 Å². The van der Waals surface area contributed by atoms with Crippen molar-refractivity contribution < 1.29 is 4.39 Å². The predicted molar refractivity (Wildman–Crippen MR) is 152 cm³/mol. The van der Waals surface area contributed by atoms with Gasteiger partial charge in [0.1, 0.15) is 17.7 Å². The third-order valence-corrected chi connectivity index (χ3v) is 7.07. The summed E-state index contributed by atoms with van der Waals surface area (Å²) >= 11 is 0. The normalized spacial score (nSPS) is 18.4. The average Bonchev–Trinajstić information content (AvgIpc) is 3.30. The van der Waals surface area contributed by atoms with Crippen LogP contribution in [-0.2, 0) is 0 Å². The van der Waals surface area contributed by atoms with Gasteiger partial charge in [-0.2, -0.15) is 5.10 Å². The molecule has 7 nitrogen and oxygen atoms in total. The minimum absolute atomic E-state index is 0. The van der Waals surface area contributed by atoms with Crippen molar-refractivity contribution in [2.24, 2.45) is 10.7 Å². The van der Waals surface area contributed by atoms with Crippen molar-refractivity contribution in [1.29, 1.82) is 0 Å². The molecule has 2 atom stereocenters. The van der Waals surface area contributed by atoms with E-state index in [1.165, 1.54) is 17.7 Å². The number of anilines is 2. The van der Waals surface area contributed by atoms with Gasteiger partial charge in [0.25, 0.3) is 0 Å². The van der Waals surface area contributed by atoms with E-state index in [1.807, 2.05) is 30.3 Å². The largest absolute Gasteiger partial charge is 0.385 e. The van der Waals surface area contributed by atoms with Gasteiger partial charge in [-0.05, 0) is 42.3 Å². The summed E-state index contributed by atoms with van der Waals surface area (Å²) in [5.74, 6) is 0.891. The summed E-state index contributed by atoms with van der Waals surface area (Å²) in [6.45, 7) is 6.13. The molecule has 1 saturated heterocycles. The lowest BCUT2D eigenvalue weighted by Gasteiger charge is -2.40. The van der Waals surface area contributed by atoms with Crippen molar-refractivity contribution in [3.8, 4) is 0 Å². The van der Waals surface area contributed by atoms with E-state index in [4.69, 9.17) is 10.7 Å². The molecule has 0 bridgehead atoms. The van der Waals surface area contributed by atoms with Crippen LogP contribution in [0.3, 0.4) is 0 Å². The number of nitrogens with one attached hydrogen (secondary N) is 2. The summed E-state index contributed by atoms with van der Waals surface area (Å²) in [5.41, 5.74) is 11.3. The van der Waals surface area contributed by atoms with Crippen molar-refractivity contribution >= 4 is 58.7 Å². The molecule has 0 amide bonds. The van der Waals surface area contributed by atoms with Gasteiger partial charge in [-0.1, -0.05) is 42.5 Å². The third kappa shape index (κ3) is 4.78. The number of nitrogens with zero attached hydrogens (tertiary/aromatic N) is 4. The van der Waals surface area contributed by atoms with Crippen LogP contribution in [0.15, 0.2) is 71.7 Å². The summed E-state index contributed by atoms with van der Waals surface area (Å²) in [7, 11) is 0. The van der Waals surface area contributed by atoms with Gasteiger partial charge in [0, 0.05) is 37.6 Å². The highest BCUT2D eigenvalue weighted by Gasteiger charge is 2.37. The summed E-state index contributed by atoms with van der Waals surface area (Å²) in [6, 6.07) is 20.9. The Labute approximate surface area is 227 Å². The number of para-hydroxylation sites is 1. The fraction of sp³-hybridized carbons (Fsp3) is 0.259. The number of benzene rings is 3. The first-order valence-corrected chi connectivity index (χ1v) is 12.0. The van der Waals surface area contributed by atoms with E-state index >= 15 is 0 Å². The first kappa shape index (κ1) is 26.9. The van der Waals surface area contributed by atoms with E-state index in [2.05, 4.69) is 50.4 Å². The second-order valence-corrected chi connectivity index (χ2v) is 9.13. The monoisotopic (exact) mass is 541 g/mol. The van der Waals surface area contributed by atoms with E-state index in [-0.39, 0.29) is 42.7 Å². The second kappa shape index (κ2) is 11.1. The highest BCUT2D eigenvalue weighted by atomic mass is 35.5. The molecule has 0 spiro atoms. The van der Waals surface area contributed by atoms with Crippen molar-refractivity contribution in [2.45, 2.75) is 19.0 Å². The van der Waals surface area contributed by atoms with Gasteiger partial charge in [-0.3, -0.25) is 10.00 Å². The van der Waals surface area contributed by atoms with Crippen LogP contribution in [0.25, 0.3) is 10.9 Å². The molecule has 4 aromatic rings. The SMILES string of the molecule is CC(c1cccc2c1N(c1n[nH]c3cc(F)ccc13)C(c1ccccc1)C(N)=N2)N1CCNCC1.Cl.Cl. The summed E-state index contributed by atoms with van der Waals surface area (Å²) < 4.78 is 14.0. The average molecular weight is 542 g/mol. The molecule has 10 heteroatoms. The molecule has 1 fully saturated rings. The lowest BCUT2D eigenvalue weighted by atomic mass is 9.95. The number of H-pyrrole nitrogens is 1. The van der Waals surface area contributed by atoms with Crippen molar-refractivity contribution in [3.63, 3.8) is 0 Å². The number of amidine groups is 1. The van der Waals surface area contributed by atoms with Gasteiger partial charge in [0.05, 0.1) is 16.9 Å². The Kier molecular flexibility index (Phi) is 8.04. The zero-order chi connectivity index (χ0) is 23.9. The number of aliphatic imine (C=N–C) groups is 1. The van der Waals surface area contributed by atoms with Crippen LogP contribution in [0, 0.1) is 5.82 Å². The third-order valence-electron chi connectivity index (χ3n) is 7.07. The Morgan fingerprint density at radius 1 is 1.00 bits per heavy atom. The number of rotatable bonds is 4. The summed E-state index contributed by atoms with van der Waals surface area (Å²) in [6.07, 6.45) is 0. The second-order valence-electron chi connectivity index (χ2n) is 9.13. The lowest BCUT2D eigenvalue weighted by molar-refractivity contribution is 0.186. The maximum Gasteiger partial charge on any atom is 0.163 e. The van der Waals surface area contributed by atoms with Gasteiger partial charge < -0.3 is 16.0 Å². The molecule has 37 heavy (non-hydrogen) atoms. The molecule has 3 heterocycles. The van der Waals surface area contributed by atoms with Gasteiger partial charge in [0.2, 0.25) is 0 Å². The highest BCUT2D eigenvalue weighted by molar-refractivity contribution is 6.04. The van der Waals surface area contributed by atoms with Crippen LogP contribution >= 0.6 is 24.8 Å². The van der Waals surface area contributed by atoms with Crippen LogP contribution in [0.2, 0.25) is 0 Å². The zero-order valence-electron chi connectivity index (χ0n) is 20.4. The molecular formula is C27H30Cl2FN7. The van der Waals surface area contributed by atoms with E-state index in [1.54, 1.807) is 6.07 Å². The van der Waals surface area contributed by atoms with E-state index in [0.29, 0.717) is 17.2 Å². The molecule has 0 saturated carbocycles. The molecule has 0 aliphatic carbocycles. The molecule has 3 aromatic carbocycles. The Morgan fingerprint density at radius 2 is 1.76 bits per heavy atom. The van der Waals surface area contributed by atoms with Crippen LogP contribution in [-0.4, -0.2) is 47.1 Å². The Balaban J connectivity index is 0.00000160. The molecule has 194 valence electrons. The molecule has 1 aromatic heterocycles. The predicted octanol–water partition coefficient (Wildman–Crippen LogP) is 5.39. The molecule has 2 aliphatic rings. The summed E-state index contributed by atoms with van der Waals surface area (Å²) in [5, 5.41) is 12.0. The summed E-state index contributed by atoms with van der Waals surface area (Å²) in [4.78, 5) is 9.54. The number of halogens is 3. The number of nitrogens with two attached hydrogens (primary N) is 1. The number of hydrogen-bond acceptors (Lipinski definition) is 6. The molecule has 0 radical (unpaired) electrons. The highest BCUT2D eigenvalue weighted by Crippen LogP contribution is 2.49. The fourth-order valence-electron chi connectivity index (χ4n) is 5.31. The quantitative estimate of drug-likeness (QED) is 0.322. The van der Waals surface area contributed by atoms with Crippen LogP contribution in [0.4, 0.5) is 21.6 Å². The number of fused-ring (bicyclic) bond motifs is 2. The van der Waals surface area contributed by atoms with E-state index < -0.39 is 0 Å².